The highest BCUT2D eigenvalue weighted by Crippen LogP contribution is 2.52. The fourth-order valence-corrected chi connectivity index (χ4v) is 8.93. The SMILES string of the molecule is CCN(C(=O)c1cc(F)ccc1Oc1cncnc1N1CC2(CC(Oc3ccnc4c3CN(C[C@@H]3CN(Cc5ccc(OC)cc5)[C@@H](C)CO3)CC4)C2)C1)C(C)C. The number of hydrogen-bond acceptors (Lipinski definition) is 11. The van der Waals surface area contributed by atoms with E-state index in [4.69, 9.17) is 23.9 Å². The standard InChI is InChI=1S/C44H54FN7O5/c1-6-52(29(2)3)43(53)36-17-32(45)9-12-39(36)57-41-20-46-28-48-42(41)51-26-44(27-51)18-34(19-44)56-40-13-15-47-38-14-16-49(24-37(38)40)22-35-23-50(30(4)25-55-35)21-31-7-10-33(54-5)11-8-31/h7-13,15,17,20,28-30,34-35H,6,14,16,18-19,21-27H2,1-5H3/t30-,35+/m0/s1. The van der Waals surface area contributed by atoms with Gasteiger partial charge in [0.2, 0.25) is 0 Å². The summed E-state index contributed by atoms with van der Waals surface area (Å²) in [4.78, 5) is 35.8. The van der Waals surface area contributed by atoms with Crippen LogP contribution in [0.5, 0.6) is 23.0 Å². The van der Waals surface area contributed by atoms with E-state index in [1.165, 1.54) is 35.7 Å². The minimum absolute atomic E-state index is 0.0462. The summed E-state index contributed by atoms with van der Waals surface area (Å²) in [5.74, 6) is 2.39. The normalized spacial score (nSPS) is 20.8. The number of fused-ring (bicyclic) bond motifs is 1. The summed E-state index contributed by atoms with van der Waals surface area (Å²) >= 11 is 0. The maximum Gasteiger partial charge on any atom is 0.257 e. The maximum absolute atomic E-state index is 14.4. The number of rotatable bonds is 13. The summed E-state index contributed by atoms with van der Waals surface area (Å²) in [7, 11) is 1.70. The average Bonchev–Trinajstić information content (AvgIpc) is 3.18. The van der Waals surface area contributed by atoms with Gasteiger partial charge in [-0.2, -0.15) is 0 Å². The molecule has 3 aliphatic heterocycles. The van der Waals surface area contributed by atoms with Crippen LogP contribution < -0.4 is 19.1 Å². The Kier molecular flexibility index (Phi) is 11.3. The van der Waals surface area contributed by atoms with Gasteiger partial charge in [-0.3, -0.25) is 19.6 Å². The molecule has 1 spiro atoms. The van der Waals surface area contributed by atoms with Crippen molar-refractivity contribution in [3.05, 3.63) is 95.5 Å². The van der Waals surface area contributed by atoms with E-state index in [0.717, 1.165) is 88.9 Å². The molecule has 12 nitrogen and oxygen atoms in total. The van der Waals surface area contributed by atoms with Crippen molar-refractivity contribution in [1.29, 1.82) is 0 Å². The lowest BCUT2D eigenvalue weighted by molar-refractivity contribution is -0.0742. The van der Waals surface area contributed by atoms with Crippen molar-refractivity contribution in [3.8, 4) is 23.0 Å². The third-order valence-electron chi connectivity index (χ3n) is 12.0. The number of nitrogens with zero attached hydrogens (tertiary/aromatic N) is 7. The first-order valence-corrected chi connectivity index (χ1v) is 20.3. The summed E-state index contributed by atoms with van der Waals surface area (Å²) in [6, 6.07) is 14.7. The number of carbonyl (C=O) groups is 1. The molecule has 2 atom stereocenters. The van der Waals surface area contributed by atoms with Crippen LogP contribution in [-0.2, 0) is 24.2 Å². The second-order valence-electron chi connectivity index (χ2n) is 16.4. The van der Waals surface area contributed by atoms with Gasteiger partial charge in [0, 0.05) is 93.7 Å². The number of benzene rings is 2. The summed E-state index contributed by atoms with van der Waals surface area (Å²) in [5.41, 5.74) is 3.90. The monoisotopic (exact) mass is 779 g/mol. The van der Waals surface area contributed by atoms with Crippen LogP contribution in [0, 0.1) is 11.2 Å². The van der Waals surface area contributed by atoms with E-state index in [2.05, 4.69) is 43.7 Å². The molecule has 1 saturated carbocycles. The van der Waals surface area contributed by atoms with Gasteiger partial charge < -0.3 is 28.7 Å². The number of carbonyl (C=O) groups excluding carboxylic acids is 1. The van der Waals surface area contributed by atoms with Gasteiger partial charge in [-0.25, -0.2) is 14.4 Å². The van der Waals surface area contributed by atoms with E-state index in [1.807, 2.05) is 45.2 Å². The van der Waals surface area contributed by atoms with E-state index in [0.29, 0.717) is 24.2 Å². The number of aromatic nitrogens is 3. The van der Waals surface area contributed by atoms with Crippen LogP contribution in [-0.4, -0.2) is 113 Å². The van der Waals surface area contributed by atoms with Crippen molar-refractivity contribution in [3.63, 3.8) is 0 Å². The number of morpholine rings is 1. The Morgan fingerprint density at radius 2 is 1.88 bits per heavy atom. The van der Waals surface area contributed by atoms with Crippen LogP contribution in [0.25, 0.3) is 0 Å². The smallest absolute Gasteiger partial charge is 0.257 e. The first-order valence-electron chi connectivity index (χ1n) is 20.3. The lowest BCUT2D eigenvalue weighted by Crippen LogP contribution is -2.65. The molecule has 8 rings (SSSR count). The summed E-state index contributed by atoms with van der Waals surface area (Å²) in [5, 5.41) is 0. The quantitative estimate of drug-likeness (QED) is 0.151. The molecule has 4 aromatic rings. The maximum atomic E-state index is 14.4. The fraction of sp³-hybridized carbons (Fsp3) is 0.500. The number of amides is 1. The Labute approximate surface area is 334 Å². The largest absolute Gasteiger partial charge is 0.497 e. The Balaban J connectivity index is 0.860. The summed E-state index contributed by atoms with van der Waals surface area (Å²) in [6.45, 7) is 15.2. The van der Waals surface area contributed by atoms with E-state index < -0.39 is 5.82 Å². The van der Waals surface area contributed by atoms with Crippen molar-refractivity contribution in [2.75, 3.05) is 57.9 Å². The minimum atomic E-state index is -0.497. The number of methoxy groups -OCH3 is 1. The van der Waals surface area contributed by atoms with Gasteiger partial charge >= 0.3 is 0 Å². The number of anilines is 1. The van der Waals surface area contributed by atoms with Gasteiger partial charge in [-0.1, -0.05) is 12.1 Å². The topological polar surface area (TPSA) is 106 Å². The molecule has 0 bridgehead atoms. The number of ether oxygens (including phenoxy) is 4. The Bertz CT molecular complexity index is 2040. The molecule has 3 fully saturated rings. The highest BCUT2D eigenvalue weighted by Gasteiger charge is 2.54. The van der Waals surface area contributed by atoms with Gasteiger partial charge in [-0.15, -0.1) is 0 Å². The first-order chi connectivity index (χ1) is 27.6. The van der Waals surface area contributed by atoms with Crippen LogP contribution in [0.1, 0.15) is 67.7 Å². The molecule has 1 aliphatic carbocycles. The third-order valence-corrected chi connectivity index (χ3v) is 12.0. The van der Waals surface area contributed by atoms with Crippen molar-refractivity contribution in [2.45, 2.75) is 84.3 Å². The highest BCUT2D eigenvalue weighted by atomic mass is 19.1. The van der Waals surface area contributed by atoms with Gasteiger partial charge in [0.1, 0.15) is 35.5 Å². The van der Waals surface area contributed by atoms with Gasteiger partial charge in [0.15, 0.2) is 11.6 Å². The van der Waals surface area contributed by atoms with Crippen LogP contribution in [0.2, 0.25) is 0 Å². The van der Waals surface area contributed by atoms with Crippen LogP contribution in [0.3, 0.4) is 0 Å². The molecule has 0 N–H and O–H groups in total. The second kappa shape index (κ2) is 16.6. The number of hydrogen-bond donors (Lipinski definition) is 0. The molecular formula is C44H54FN7O5. The highest BCUT2D eigenvalue weighted by molar-refractivity contribution is 5.97. The predicted octanol–water partition coefficient (Wildman–Crippen LogP) is 6.38. The van der Waals surface area contributed by atoms with Crippen molar-refractivity contribution in [2.24, 2.45) is 5.41 Å². The van der Waals surface area contributed by atoms with Gasteiger partial charge in [0.25, 0.3) is 5.91 Å². The molecule has 0 radical (unpaired) electrons. The third kappa shape index (κ3) is 8.42. The molecule has 4 aliphatic rings. The number of halogens is 1. The molecule has 2 saturated heterocycles. The summed E-state index contributed by atoms with van der Waals surface area (Å²) < 4.78 is 39.1. The Morgan fingerprint density at radius 1 is 1.07 bits per heavy atom. The van der Waals surface area contributed by atoms with E-state index in [-0.39, 0.29) is 40.9 Å². The Hall–Kier alpha value is -4.85. The molecule has 302 valence electrons. The summed E-state index contributed by atoms with van der Waals surface area (Å²) in [6.07, 6.45) is 8.03. The molecule has 13 heteroatoms. The molecule has 5 heterocycles. The zero-order valence-electron chi connectivity index (χ0n) is 33.7. The first kappa shape index (κ1) is 39.0. The van der Waals surface area contributed by atoms with Crippen LogP contribution in [0.15, 0.2) is 67.3 Å². The molecule has 2 aromatic heterocycles. The number of pyridine rings is 1. The predicted molar refractivity (Wildman–Crippen MR) is 214 cm³/mol. The minimum Gasteiger partial charge on any atom is -0.497 e. The molecule has 0 unspecified atom stereocenters. The van der Waals surface area contributed by atoms with Crippen molar-refractivity contribution >= 4 is 11.7 Å². The van der Waals surface area contributed by atoms with Gasteiger partial charge in [-0.05, 0) is 82.5 Å². The zero-order valence-corrected chi connectivity index (χ0v) is 33.7. The second-order valence-corrected chi connectivity index (χ2v) is 16.4. The molecule has 1 amide bonds. The zero-order chi connectivity index (χ0) is 39.7. The van der Waals surface area contributed by atoms with Gasteiger partial charge in [0.05, 0.1) is 31.6 Å². The Morgan fingerprint density at radius 3 is 2.63 bits per heavy atom. The van der Waals surface area contributed by atoms with Crippen molar-refractivity contribution < 1.29 is 28.1 Å². The van der Waals surface area contributed by atoms with E-state index in [1.54, 1.807) is 18.2 Å². The van der Waals surface area contributed by atoms with Crippen LogP contribution >= 0.6 is 0 Å². The molecular weight excluding hydrogens is 726 g/mol. The molecule has 57 heavy (non-hydrogen) atoms. The lowest BCUT2D eigenvalue weighted by atomic mass is 9.61. The lowest BCUT2D eigenvalue weighted by Gasteiger charge is -2.59. The van der Waals surface area contributed by atoms with E-state index in [9.17, 15) is 9.18 Å². The fourth-order valence-electron chi connectivity index (χ4n) is 8.93. The molecule has 2 aromatic carbocycles. The van der Waals surface area contributed by atoms with E-state index >= 15 is 0 Å². The van der Waals surface area contributed by atoms with Crippen LogP contribution in [0.4, 0.5) is 10.2 Å². The van der Waals surface area contributed by atoms with Crippen molar-refractivity contribution in [1.82, 2.24) is 29.7 Å². The average molecular weight is 780 g/mol.